The normalized spacial score (nSPS) is 12.1. The maximum atomic E-state index is 2.45. The minimum atomic E-state index is 1.29. The van der Waals surface area contributed by atoms with Gasteiger partial charge >= 0.3 is 0 Å². The number of allylic oxidation sites excluding steroid dienone is 1. The summed E-state index contributed by atoms with van der Waals surface area (Å²) in [6, 6.07) is 0. The number of rotatable bonds is 13. The molecule has 0 rings (SSSR count). The van der Waals surface area contributed by atoms with Gasteiger partial charge in [0.2, 0.25) is 0 Å². The predicted octanol–water partition coefficient (Wildman–Crippen LogP) is 6.86. The molecule has 0 aromatic carbocycles. The van der Waals surface area contributed by atoms with E-state index in [-0.39, 0.29) is 0 Å². The number of hydrogen-bond donors (Lipinski definition) is 0. The number of hydrogen-bond acceptors (Lipinski definition) is 2. The highest BCUT2D eigenvalue weighted by molar-refractivity contribution is 8.06. The van der Waals surface area contributed by atoms with Crippen LogP contribution in [0.2, 0.25) is 0 Å². The first-order chi connectivity index (χ1) is 8.85. The van der Waals surface area contributed by atoms with Gasteiger partial charge in [-0.3, -0.25) is 0 Å². The Kier molecular flexibility index (Phi) is 15.9. The van der Waals surface area contributed by atoms with Gasteiger partial charge in [0, 0.05) is 0 Å². The maximum Gasteiger partial charge on any atom is -0.00232 e. The van der Waals surface area contributed by atoms with Crippen molar-refractivity contribution < 1.29 is 0 Å². The second-order valence-electron chi connectivity index (χ2n) is 4.82. The molecule has 0 aliphatic rings. The third-order valence-corrected chi connectivity index (χ3v) is 5.20. The molecule has 2 heteroatoms. The zero-order valence-corrected chi connectivity index (χ0v) is 14.3. The van der Waals surface area contributed by atoms with Crippen molar-refractivity contribution in [3.05, 3.63) is 10.3 Å². The Bertz CT molecular complexity index is 188. The molecule has 0 unspecified atom stereocenters. The fraction of sp³-hybridized carbons (Fsp3) is 0.875. The molecule has 18 heavy (non-hydrogen) atoms. The summed E-state index contributed by atoms with van der Waals surface area (Å²) in [6.45, 7) is 6.83. The van der Waals surface area contributed by atoms with Crippen molar-refractivity contribution in [1.29, 1.82) is 0 Å². The van der Waals surface area contributed by atoms with Crippen molar-refractivity contribution in [2.45, 2.75) is 78.6 Å². The monoisotopic (exact) mass is 288 g/mol. The van der Waals surface area contributed by atoms with E-state index in [0.717, 1.165) is 0 Å². The Balaban J connectivity index is 3.82. The van der Waals surface area contributed by atoms with E-state index in [1.807, 2.05) is 11.8 Å². The standard InChI is InChI=1S/C16H32S2/c1-4-7-10-11-12-16(18-14-9-6-3)15-17-13-8-5-2/h15H,4-14H2,1-3H3/b16-15+. The first-order valence-electron chi connectivity index (χ1n) is 7.78. The summed E-state index contributed by atoms with van der Waals surface area (Å²) in [4.78, 5) is 1.64. The predicted molar refractivity (Wildman–Crippen MR) is 91.6 cm³/mol. The molecule has 0 saturated carbocycles. The highest BCUT2D eigenvalue weighted by Gasteiger charge is 1.99. The van der Waals surface area contributed by atoms with Gasteiger partial charge < -0.3 is 0 Å². The van der Waals surface area contributed by atoms with Crippen LogP contribution in [0.4, 0.5) is 0 Å². The van der Waals surface area contributed by atoms with Crippen LogP contribution in [0.5, 0.6) is 0 Å². The van der Waals surface area contributed by atoms with E-state index in [1.54, 1.807) is 4.91 Å². The lowest BCUT2D eigenvalue weighted by Gasteiger charge is -2.07. The summed E-state index contributed by atoms with van der Waals surface area (Å²) in [5, 5.41) is 2.45. The summed E-state index contributed by atoms with van der Waals surface area (Å²) in [5.74, 6) is 2.60. The molecule has 0 N–H and O–H groups in total. The molecule has 0 nitrogen and oxygen atoms in total. The van der Waals surface area contributed by atoms with Crippen molar-refractivity contribution in [1.82, 2.24) is 0 Å². The molecule has 0 atom stereocenters. The Labute approximate surface area is 124 Å². The van der Waals surface area contributed by atoms with Crippen molar-refractivity contribution >= 4 is 23.5 Å². The van der Waals surface area contributed by atoms with E-state index in [1.165, 1.54) is 69.3 Å². The molecule has 108 valence electrons. The summed E-state index contributed by atoms with van der Waals surface area (Å²) in [6.07, 6.45) is 12.2. The summed E-state index contributed by atoms with van der Waals surface area (Å²) in [7, 11) is 0. The molecule has 0 spiro atoms. The first-order valence-corrected chi connectivity index (χ1v) is 9.82. The van der Waals surface area contributed by atoms with E-state index in [0.29, 0.717) is 0 Å². The minimum Gasteiger partial charge on any atom is -0.133 e. The lowest BCUT2D eigenvalue weighted by atomic mass is 10.1. The lowest BCUT2D eigenvalue weighted by Crippen LogP contribution is -1.85. The summed E-state index contributed by atoms with van der Waals surface area (Å²) >= 11 is 4.13. The Morgan fingerprint density at radius 1 is 0.778 bits per heavy atom. The van der Waals surface area contributed by atoms with E-state index in [2.05, 4.69) is 37.9 Å². The van der Waals surface area contributed by atoms with E-state index < -0.39 is 0 Å². The van der Waals surface area contributed by atoms with Crippen molar-refractivity contribution in [3.63, 3.8) is 0 Å². The van der Waals surface area contributed by atoms with Gasteiger partial charge in [-0.1, -0.05) is 52.9 Å². The van der Waals surface area contributed by atoms with Crippen molar-refractivity contribution in [2.24, 2.45) is 0 Å². The molecular weight excluding hydrogens is 256 g/mol. The highest BCUT2D eigenvalue weighted by atomic mass is 32.2. The van der Waals surface area contributed by atoms with E-state index in [9.17, 15) is 0 Å². The van der Waals surface area contributed by atoms with Gasteiger partial charge in [0.1, 0.15) is 0 Å². The van der Waals surface area contributed by atoms with Crippen LogP contribution >= 0.6 is 23.5 Å². The average molecular weight is 289 g/mol. The van der Waals surface area contributed by atoms with Gasteiger partial charge in [-0.05, 0) is 47.5 Å². The zero-order valence-electron chi connectivity index (χ0n) is 12.7. The van der Waals surface area contributed by atoms with Crippen LogP contribution in [0.25, 0.3) is 0 Å². The molecule has 0 amide bonds. The Morgan fingerprint density at radius 2 is 1.44 bits per heavy atom. The number of unbranched alkanes of at least 4 members (excludes halogenated alkanes) is 5. The van der Waals surface area contributed by atoms with Gasteiger partial charge in [0.25, 0.3) is 0 Å². The van der Waals surface area contributed by atoms with Crippen LogP contribution in [0.3, 0.4) is 0 Å². The fourth-order valence-corrected chi connectivity index (χ4v) is 3.96. The van der Waals surface area contributed by atoms with Gasteiger partial charge in [0.05, 0.1) is 0 Å². The maximum absolute atomic E-state index is 2.45. The molecule has 0 saturated heterocycles. The Morgan fingerprint density at radius 3 is 2.11 bits per heavy atom. The smallest absolute Gasteiger partial charge is 0.00232 e. The molecule has 0 aromatic rings. The van der Waals surface area contributed by atoms with Crippen molar-refractivity contribution in [3.8, 4) is 0 Å². The third-order valence-electron chi connectivity index (χ3n) is 2.89. The Hall–Kier alpha value is 0.440. The van der Waals surface area contributed by atoms with Crippen LogP contribution in [-0.4, -0.2) is 11.5 Å². The van der Waals surface area contributed by atoms with E-state index in [4.69, 9.17) is 0 Å². The van der Waals surface area contributed by atoms with Crippen molar-refractivity contribution in [2.75, 3.05) is 11.5 Å². The third kappa shape index (κ3) is 12.9. The first kappa shape index (κ1) is 18.4. The zero-order chi connectivity index (χ0) is 13.5. The topological polar surface area (TPSA) is 0 Å². The second kappa shape index (κ2) is 15.5. The summed E-state index contributed by atoms with van der Waals surface area (Å²) < 4.78 is 0. The highest BCUT2D eigenvalue weighted by Crippen LogP contribution is 2.26. The molecule has 0 aliphatic carbocycles. The lowest BCUT2D eigenvalue weighted by molar-refractivity contribution is 0.672. The van der Waals surface area contributed by atoms with Crippen LogP contribution in [-0.2, 0) is 0 Å². The van der Waals surface area contributed by atoms with Gasteiger partial charge in [-0.2, -0.15) is 0 Å². The van der Waals surface area contributed by atoms with Gasteiger partial charge in [-0.25, -0.2) is 0 Å². The molecule has 0 fully saturated rings. The fourth-order valence-electron chi connectivity index (χ4n) is 1.62. The molecule has 0 aromatic heterocycles. The second-order valence-corrected chi connectivity index (χ2v) is 7.02. The molecule has 0 radical (unpaired) electrons. The van der Waals surface area contributed by atoms with Crippen LogP contribution in [0, 0.1) is 0 Å². The van der Waals surface area contributed by atoms with Crippen LogP contribution < -0.4 is 0 Å². The molecule has 0 heterocycles. The molecule has 0 aliphatic heterocycles. The number of thioether (sulfide) groups is 2. The minimum absolute atomic E-state index is 1.29. The van der Waals surface area contributed by atoms with E-state index >= 15 is 0 Å². The molecule has 0 bridgehead atoms. The quantitative estimate of drug-likeness (QED) is 0.339. The van der Waals surface area contributed by atoms with Crippen LogP contribution in [0.15, 0.2) is 10.3 Å². The molecular formula is C16H32S2. The van der Waals surface area contributed by atoms with Gasteiger partial charge in [0.15, 0.2) is 0 Å². The van der Waals surface area contributed by atoms with Gasteiger partial charge in [-0.15, -0.1) is 23.5 Å². The average Bonchev–Trinajstić information content (AvgIpc) is 2.39. The summed E-state index contributed by atoms with van der Waals surface area (Å²) in [5.41, 5.74) is 0. The largest absolute Gasteiger partial charge is 0.133 e. The SMILES string of the molecule is CCCCCC/C(=C\SCCCC)SCCCC. The van der Waals surface area contributed by atoms with Crippen LogP contribution in [0.1, 0.15) is 78.6 Å².